The van der Waals surface area contributed by atoms with Crippen LogP contribution >= 0.6 is 0 Å². The maximum atomic E-state index is 12.1. The molecule has 0 aliphatic heterocycles. The lowest BCUT2D eigenvalue weighted by Crippen LogP contribution is -2.33. The van der Waals surface area contributed by atoms with Gasteiger partial charge in [0.2, 0.25) is 10.0 Å². The number of rotatable bonds is 5. The van der Waals surface area contributed by atoms with Gasteiger partial charge in [0.05, 0.1) is 10.8 Å². The van der Waals surface area contributed by atoms with Gasteiger partial charge in [-0.1, -0.05) is 6.92 Å². The summed E-state index contributed by atoms with van der Waals surface area (Å²) in [5, 5.41) is 8.77. The van der Waals surface area contributed by atoms with Gasteiger partial charge in [-0.25, -0.2) is 12.7 Å². The summed E-state index contributed by atoms with van der Waals surface area (Å²) in [4.78, 5) is 10.8. The predicted octanol–water partition coefficient (Wildman–Crippen LogP) is 0.610. The van der Waals surface area contributed by atoms with E-state index in [0.29, 0.717) is 5.69 Å². The van der Waals surface area contributed by atoms with Crippen molar-refractivity contribution in [1.82, 2.24) is 4.31 Å². The first-order valence-corrected chi connectivity index (χ1v) is 6.74. The minimum atomic E-state index is -3.67. The summed E-state index contributed by atoms with van der Waals surface area (Å²) in [7, 11) is -2.32. The Morgan fingerprint density at radius 1 is 1.39 bits per heavy atom. The number of nitrogens with zero attached hydrogens (tertiary/aromatic N) is 1. The normalized spacial score (nSPS) is 13.5. The topological polar surface area (TPSA) is 101 Å². The molecular formula is C11H16N2O4S. The number of aliphatic carboxylic acids is 1. The highest BCUT2D eigenvalue weighted by molar-refractivity contribution is 7.89. The first-order chi connectivity index (χ1) is 8.25. The average molecular weight is 272 g/mol. The zero-order valence-corrected chi connectivity index (χ0v) is 11.0. The molecule has 1 rings (SSSR count). The number of anilines is 1. The van der Waals surface area contributed by atoms with Crippen LogP contribution in [0.2, 0.25) is 0 Å². The van der Waals surface area contributed by atoms with Gasteiger partial charge in [-0.05, 0) is 24.3 Å². The van der Waals surface area contributed by atoms with Crippen LogP contribution in [-0.4, -0.2) is 37.4 Å². The van der Waals surface area contributed by atoms with Gasteiger partial charge in [-0.3, -0.25) is 4.79 Å². The molecule has 18 heavy (non-hydrogen) atoms. The standard InChI is InChI=1S/C11H16N2O4S/c1-8(11(14)15)7-13(2)18(16,17)10-5-3-9(12)4-6-10/h3-6,8H,7,12H2,1-2H3,(H,14,15). The number of sulfonamides is 1. The van der Waals surface area contributed by atoms with Crippen molar-refractivity contribution in [2.45, 2.75) is 11.8 Å². The highest BCUT2D eigenvalue weighted by atomic mass is 32.2. The van der Waals surface area contributed by atoms with Gasteiger partial charge in [0, 0.05) is 19.3 Å². The van der Waals surface area contributed by atoms with Crippen LogP contribution in [0.3, 0.4) is 0 Å². The fraction of sp³-hybridized carbons (Fsp3) is 0.364. The second-order valence-corrected chi connectivity index (χ2v) is 6.14. The van der Waals surface area contributed by atoms with Crippen molar-refractivity contribution in [2.24, 2.45) is 5.92 Å². The highest BCUT2D eigenvalue weighted by Crippen LogP contribution is 2.17. The molecule has 0 aromatic heterocycles. The van der Waals surface area contributed by atoms with E-state index in [2.05, 4.69) is 0 Å². The van der Waals surface area contributed by atoms with Gasteiger partial charge in [0.1, 0.15) is 0 Å². The average Bonchev–Trinajstić information content (AvgIpc) is 2.29. The number of carbonyl (C=O) groups is 1. The lowest BCUT2D eigenvalue weighted by Gasteiger charge is -2.19. The summed E-state index contributed by atoms with van der Waals surface area (Å²) in [5.74, 6) is -1.80. The van der Waals surface area contributed by atoms with E-state index >= 15 is 0 Å². The van der Waals surface area contributed by atoms with E-state index in [9.17, 15) is 13.2 Å². The van der Waals surface area contributed by atoms with E-state index < -0.39 is 21.9 Å². The Labute approximate surface area is 106 Å². The Morgan fingerprint density at radius 2 is 1.89 bits per heavy atom. The molecular weight excluding hydrogens is 256 g/mol. The molecule has 6 nitrogen and oxygen atoms in total. The van der Waals surface area contributed by atoms with Crippen molar-refractivity contribution >= 4 is 21.7 Å². The maximum Gasteiger partial charge on any atom is 0.307 e. The van der Waals surface area contributed by atoms with Gasteiger partial charge in [0.25, 0.3) is 0 Å². The highest BCUT2D eigenvalue weighted by Gasteiger charge is 2.24. The van der Waals surface area contributed by atoms with E-state index in [0.717, 1.165) is 4.31 Å². The molecule has 0 amide bonds. The summed E-state index contributed by atoms with van der Waals surface area (Å²) in [6.07, 6.45) is 0. The molecule has 3 N–H and O–H groups in total. The summed E-state index contributed by atoms with van der Waals surface area (Å²) in [6.45, 7) is 1.37. The molecule has 0 heterocycles. The van der Waals surface area contributed by atoms with Crippen LogP contribution in [0, 0.1) is 5.92 Å². The van der Waals surface area contributed by atoms with Crippen LogP contribution in [0.15, 0.2) is 29.2 Å². The molecule has 0 spiro atoms. The summed E-state index contributed by atoms with van der Waals surface area (Å²) >= 11 is 0. The van der Waals surface area contributed by atoms with Crippen LogP contribution in [0.5, 0.6) is 0 Å². The molecule has 0 aliphatic carbocycles. The summed E-state index contributed by atoms with van der Waals surface area (Å²) < 4.78 is 25.2. The number of nitrogens with two attached hydrogens (primary N) is 1. The second kappa shape index (κ2) is 5.36. The molecule has 0 bridgehead atoms. The number of hydrogen-bond donors (Lipinski definition) is 2. The molecule has 7 heteroatoms. The largest absolute Gasteiger partial charge is 0.481 e. The van der Waals surface area contributed by atoms with E-state index in [4.69, 9.17) is 10.8 Å². The van der Waals surface area contributed by atoms with E-state index in [1.807, 2.05) is 0 Å². The Balaban J connectivity index is 2.93. The minimum Gasteiger partial charge on any atom is -0.481 e. The maximum absolute atomic E-state index is 12.1. The minimum absolute atomic E-state index is 0.0813. The fourth-order valence-corrected chi connectivity index (χ4v) is 2.64. The van der Waals surface area contributed by atoms with Gasteiger partial charge in [0.15, 0.2) is 0 Å². The van der Waals surface area contributed by atoms with Crippen molar-refractivity contribution in [3.63, 3.8) is 0 Å². The number of nitrogen functional groups attached to an aromatic ring is 1. The smallest absolute Gasteiger partial charge is 0.307 e. The number of carboxylic acids is 1. The number of carboxylic acid groups (broad SMARTS) is 1. The molecule has 0 saturated carbocycles. The number of hydrogen-bond acceptors (Lipinski definition) is 4. The molecule has 0 fully saturated rings. The molecule has 0 radical (unpaired) electrons. The van der Waals surface area contributed by atoms with Crippen molar-refractivity contribution in [1.29, 1.82) is 0 Å². The van der Waals surface area contributed by atoms with E-state index in [-0.39, 0.29) is 11.4 Å². The SMILES string of the molecule is CC(CN(C)S(=O)(=O)c1ccc(N)cc1)C(=O)O. The molecule has 0 aliphatic rings. The fourth-order valence-electron chi connectivity index (χ4n) is 1.38. The van der Waals surface area contributed by atoms with Crippen LogP contribution in [0.1, 0.15) is 6.92 Å². The molecule has 1 unspecified atom stereocenters. The van der Waals surface area contributed by atoms with Crippen LogP contribution in [0.4, 0.5) is 5.69 Å². The van der Waals surface area contributed by atoms with Crippen LogP contribution in [-0.2, 0) is 14.8 Å². The summed E-state index contributed by atoms with van der Waals surface area (Å²) in [6, 6.07) is 5.77. The van der Waals surface area contributed by atoms with Crippen molar-refractivity contribution < 1.29 is 18.3 Å². The predicted molar refractivity (Wildman–Crippen MR) is 67.5 cm³/mol. The Bertz CT molecular complexity index is 524. The lowest BCUT2D eigenvalue weighted by molar-refractivity contribution is -0.141. The molecule has 1 atom stereocenters. The van der Waals surface area contributed by atoms with Crippen LogP contribution in [0.25, 0.3) is 0 Å². The van der Waals surface area contributed by atoms with Crippen molar-refractivity contribution in [3.8, 4) is 0 Å². The zero-order valence-electron chi connectivity index (χ0n) is 10.2. The first kappa shape index (κ1) is 14.5. The van der Waals surface area contributed by atoms with Gasteiger partial charge in [-0.15, -0.1) is 0 Å². The van der Waals surface area contributed by atoms with Gasteiger partial charge >= 0.3 is 5.97 Å². The van der Waals surface area contributed by atoms with Crippen molar-refractivity contribution in [3.05, 3.63) is 24.3 Å². The monoisotopic (exact) mass is 272 g/mol. The van der Waals surface area contributed by atoms with E-state index in [1.54, 1.807) is 0 Å². The third-order valence-electron chi connectivity index (χ3n) is 2.54. The van der Waals surface area contributed by atoms with Gasteiger partial charge < -0.3 is 10.8 Å². The Kier molecular flexibility index (Phi) is 4.31. The van der Waals surface area contributed by atoms with Crippen LogP contribution < -0.4 is 5.73 Å². The Hall–Kier alpha value is -1.60. The third kappa shape index (κ3) is 3.21. The van der Waals surface area contributed by atoms with Gasteiger partial charge in [-0.2, -0.15) is 0 Å². The quantitative estimate of drug-likeness (QED) is 0.765. The summed E-state index contributed by atoms with van der Waals surface area (Å²) in [5.41, 5.74) is 5.95. The molecule has 1 aromatic rings. The first-order valence-electron chi connectivity index (χ1n) is 5.30. The number of benzene rings is 1. The Morgan fingerprint density at radius 3 is 2.33 bits per heavy atom. The lowest BCUT2D eigenvalue weighted by atomic mass is 10.2. The second-order valence-electron chi connectivity index (χ2n) is 4.09. The van der Waals surface area contributed by atoms with E-state index in [1.165, 1.54) is 38.2 Å². The molecule has 1 aromatic carbocycles. The molecule has 0 saturated heterocycles. The molecule has 100 valence electrons. The van der Waals surface area contributed by atoms with Crippen molar-refractivity contribution in [2.75, 3.05) is 19.3 Å². The zero-order chi connectivity index (χ0) is 13.9. The third-order valence-corrected chi connectivity index (χ3v) is 4.38.